The number of nitrogens with zero attached hydrogens (tertiary/aromatic N) is 1. The predicted octanol–water partition coefficient (Wildman–Crippen LogP) is 2.89. The Labute approximate surface area is 130 Å². The van der Waals surface area contributed by atoms with Crippen LogP contribution in [0.2, 0.25) is 0 Å². The summed E-state index contributed by atoms with van der Waals surface area (Å²) < 4.78 is 17.4. The van der Waals surface area contributed by atoms with Crippen LogP contribution in [0, 0.1) is 11.7 Å². The van der Waals surface area contributed by atoms with Crippen molar-refractivity contribution in [1.29, 1.82) is 0 Å². The Morgan fingerprint density at radius 1 is 1.27 bits per heavy atom. The first-order valence-electron chi connectivity index (χ1n) is 7.21. The van der Waals surface area contributed by atoms with Crippen LogP contribution in [-0.2, 0) is 14.3 Å². The van der Waals surface area contributed by atoms with Crippen LogP contribution < -0.4 is 0 Å². The molecule has 1 rings (SSSR count). The van der Waals surface area contributed by atoms with Gasteiger partial charge in [0.2, 0.25) is 5.91 Å². The maximum Gasteiger partial charge on any atom is 0.307 e. The molecule has 120 valence electrons. The van der Waals surface area contributed by atoms with Crippen molar-refractivity contribution in [3.05, 3.63) is 41.7 Å². The molecule has 0 aliphatic rings. The molecule has 0 fully saturated rings. The Hall–Kier alpha value is -2.17. The van der Waals surface area contributed by atoms with Gasteiger partial charge in [-0.05, 0) is 29.7 Å². The maximum absolute atomic E-state index is 12.8. The molecule has 0 heterocycles. The number of rotatable bonds is 7. The van der Waals surface area contributed by atoms with Crippen LogP contribution in [0.1, 0.15) is 25.8 Å². The van der Waals surface area contributed by atoms with Crippen molar-refractivity contribution in [2.75, 3.05) is 20.2 Å². The second kappa shape index (κ2) is 8.97. The van der Waals surface area contributed by atoms with Gasteiger partial charge < -0.3 is 9.64 Å². The van der Waals surface area contributed by atoms with Crippen LogP contribution in [-0.4, -0.2) is 37.0 Å². The standard InChI is InChI=1S/C17H22FNO3/c1-13(2)12-19(11-10-17(21)22-3)16(20)9-6-14-4-7-15(18)8-5-14/h4-9,13H,10-12H2,1-3H3/b9-6+. The number of halogens is 1. The molecule has 0 aliphatic heterocycles. The number of carbonyl (C=O) groups excluding carboxylic acids is 2. The summed E-state index contributed by atoms with van der Waals surface area (Å²) in [5, 5.41) is 0. The third-order valence-corrected chi connectivity index (χ3v) is 3.00. The number of esters is 1. The van der Waals surface area contributed by atoms with Gasteiger partial charge in [0.15, 0.2) is 0 Å². The van der Waals surface area contributed by atoms with E-state index in [9.17, 15) is 14.0 Å². The molecule has 0 N–H and O–H groups in total. The fourth-order valence-electron chi connectivity index (χ4n) is 1.91. The molecular weight excluding hydrogens is 285 g/mol. The summed E-state index contributed by atoms with van der Waals surface area (Å²) in [6, 6.07) is 5.88. The maximum atomic E-state index is 12.8. The van der Waals surface area contributed by atoms with Gasteiger partial charge in [-0.3, -0.25) is 9.59 Å². The van der Waals surface area contributed by atoms with E-state index in [0.29, 0.717) is 19.0 Å². The zero-order chi connectivity index (χ0) is 16.5. The highest BCUT2D eigenvalue weighted by Gasteiger charge is 2.14. The number of carbonyl (C=O) groups is 2. The van der Waals surface area contributed by atoms with E-state index in [1.165, 1.54) is 25.3 Å². The summed E-state index contributed by atoms with van der Waals surface area (Å²) in [7, 11) is 1.32. The Bertz CT molecular complexity index is 523. The van der Waals surface area contributed by atoms with Crippen LogP contribution in [0.5, 0.6) is 0 Å². The summed E-state index contributed by atoms with van der Waals surface area (Å²) in [4.78, 5) is 25.1. The molecule has 0 bridgehead atoms. The van der Waals surface area contributed by atoms with E-state index in [1.807, 2.05) is 13.8 Å². The van der Waals surface area contributed by atoms with Crippen molar-refractivity contribution in [1.82, 2.24) is 4.90 Å². The third kappa shape index (κ3) is 6.52. The Morgan fingerprint density at radius 3 is 2.45 bits per heavy atom. The van der Waals surface area contributed by atoms with Crippen LogP contribution in [0.25, 0.3) is 6.08 Å². The minimum absolute atomic E-state index is 0.166. The Kier molecular flexibility index (Phi) is 7.29. The SMILES string of the molecule is COC(=O)CCN(CC(C)C)C(=O)/C=C/c1ccc(F)cc1. The molecule has 0 atom stereocenters. The molecule has 0 aromatic heterocycles. The topological polar surface area (TPSA) is 46.6 Å². The summed E-state index contributed by atoms with van der Waals surface area (Å²) >= 11 is 0. The lowest BCUT2D eigenvalue weighted by Gasteiger charge is -2.22. The number of hydrogen-bond acceptors (Lipinski definition) is 3. The molecule has 1 amide bonds. The van der Waals surface area contributed by atoms with E-state index in [4.69, 9.17) is 0 Å². The van der Waals surface area contributed by atoms with Gasteiger partial charge in [-0.15, -0.1) is 0 Å². The van der Waals surface area contributed by atoms with Gasteiger partial charge in [-0.25, -0.2) is 4.39 Å². The van der Waals surface area contributed by atoms with Gasteiger partial charge in [0.1, 0.15) is 5.82 Å². The first-order chi connectivity index (χ1) is 10.4. The zero-order valence-corrected chi connectivity index (χ0v) is 13.2. The molecule has 0 radical (unpaired) electrons. The van der Waals surface area contributed by atoms with Crippen LogP contribution >= 0.6 is 0 Å². The normalized spacial score (nSPS) is 11.0. The summed E-state index contributed by atoms with van der Waals surface area (Å²) in [6.45, 7) is 4.88. The highest BCUT2D eigenvalue weighted by atomic mass is 19.1. The average Bonchev–Trinajstić information content (AvgIpc) is 2.49. The molecule has 0 unspecified atom stereocenters. The minimum atomic E-state index is -0.343. The van der Waals surface area contributed by atoms with Crippen LogP contribution in [0.15, 0.2) is 30.3 Å². The molecule has 1 aromatic carbocycles. The van der Waals surface area contributed by atoms with Crippen LogP contribution in [0.4, 0.5) is 4.39 Å². The number of ether oxygens (including phenoxy) is 1. The highest BCUT2D eigenvalue weighted by Crippen LogP contribution is 2.07. The average molecular weight is 307 g/mol. The van der Waals surface area contributed by atoms with E-state index in [2.05, 4.69) is 4.74 Å². The van der Waals surface area contributed by atoms with Crippen molar-refractivity contribution in [3.63, 3.8) is 0 Å². The van der Waals surface area contributed by atoms with E-state index < -0.39 is 0 Å². The molecule has 5 heteroatoms. The molecule has 0 spiro atoms. The van der Waals surface area contributed by atoms with Gasteiger partial charge in [-0.2, -0.15) is 0 Å². The van der Waals surface area contributed by atoms with Gasteiger partial charge >= 0.3 is 5.97 Å². The second-order valence-corrected chi connectivity index (χ2v) is 5.39. The van der Waals surface area contributed by atoms with Gasteiger partial charge in [0.25, 0.3) is 0 Å². The lowest BCUT2D eigenvalue weighted by molar-refractivity contribution is -0.141. The lowest BCUT2D eigenvalue weighted by atomic mass is 10.2. The molecule has 1 aromatic rings. The van der Waals surface area contributed by atoms with Crippen molar-refractivity contribution in [3.8, 4) is 0 Å². The summed E-state index contributed by atoms with van der Waals surface area (Å²) in [6.07, 6.45) is 3.24. The summed E-state index contributed by atoms with van der Waals surface area (Å²) in [5.41, 5.74) is 0.743. The van der Waals surface area contributed by atoms with Crippen molar-refractivity contribution >= 4 is 18.0 Å². The van der Waals surface area contributed by atoms with Gasteiger partial charge in [0.05, 0.1) is 13.5 Å². The minimum Gasteiger partial charge on any atom is -0.469 e. The fraction of sp³-hybridized carbons (Fsp3) is 0.412. The van der Waals surface area contributed by atoms with E-state index in [0.717, 1.165) is 5.56 Å². The molecule has 4 nitrogen and oxygen atoms in total. The lowest BCUT2D eigenvalue weighted by Crippen LogP contribution is -2.34. The smallest absolute Gasteiger partial charge is 0.307 e. The highest BCUT2D eigenvalue weighted by molar-refractivity contribution is 5.92. The predicted molar refractivity (Wildman–Crippen MR) is 83.5 cm³/mol. The zero-order valence-electron chi connectivity index (χ0n) is 13.2. The van der Waals surface area contributed by atoms with Gasteiger partial charge in [-0.1, -0.05) is 26.0 Å². The van der Waals surface area contributed by atoms with Gasteiger partial charge in [0, 0.05) is 19.2 Å². The van der Waals surface area contributed by atoms with Crippen LogP contribution in [0.3, 0.4) is 0 Å². The molecule has 0 saturated heterocycles. The number of amides is 1. The molecule has 0 aliphatic carbocycles. The van der Waals surface area contributed by atoms with Crippen molar-refractivity contribution < 1.29 is 18.7 Å². The number of hydrogen-bond donors (Lipinski definition) is 0. The number of benzene rings is 1. The largest absolute Gasteiger partial charge is 0.469 e. The second-order valence-electron chi connectivity index (χ2n) is 5.39. The molecule has 0 saturated carbocycles. The van der Waals surface area contributed by atoms with E-state index >= 15 is 0 Å². The molecular formula is C17H22FNO3. The van der Waals surface area contributed by atoms with Crippen molar-refractivity contribution in [2.24, 2.45) is 5.92 Å². The molecule has 22 heavy (non-hydrogen) atoms. The first-order valence-corrected chi connectivity index (χ1v) is 7.21. The van der Waals surface area contributed by atoms with E-state index in [-0.39, 0.29) is 24.1 Å². The summed E-state index contributed by atoms with van der Waals surface area (Å²) in [5.74, 6) is -0.546. The fourth-order valence-corrected chi connectivity index (χ4v) is 1.91. The monoisotopic (exact) mass is 307 g/mol. The Balaban J connectivity index is 2.69. The van der Waals surface area contributed by atoms with Crippen molar-refractivity contribution in [2.45, 2.75) is 20.3 Å². The first kappa shape index (κ1) is 17.9. The van der Waals surface area contributed by atoms with E-state index in [1.54, 1.807) is 23.1 Å². The number of methoxy groups -OCH3 is 1. The quantitative estimate of drug-likeness (QED) is 0.575. The third-order valence-electron chi connectivity index (χ3n) is 3.00. The Morgan fingerprint density at radius 2 is 1.91 bits per heavy atom.